The number of aliphatic hydroxyl groups is 1. The van der Waals surface area contributed by atoms with Crippen LogP contribution < -0.4 is 0 Å². The van der Waals surface area contributed by atoms with Crippen molar-refractivity contribution in [3.63, 3.8) is 0 Å². The Morgan fingerprint density at radius 3 is 2.66 bits per heavy atom. The van der Waals surface area contributed by atoms with Crippen LogP contribution in [-0.2, 0) is 30.8 Å². The van der Waals surface area contributed by atoms with E-state index in [4.69, 9.17) is 18.9 Å². The lowest BCUT2D eigenvalue weighted by Crippen LogP contribution is -2.73. The van der Waals surface area contributed by atoms with Crippen LogP contribution in [0.15, 0.2) is 47.7 Å². The standard InChI is InChI=1S/C32H39NO5/c1-17(2)15-23-36-24-26(28(3,4)37-23)35-22-12-13-29(5)30(6)18(11-14-31(29,34)32(22)27(24)38-32)16-20-19-9-7-8-10-21(19)33-25(20)30/h7-10,12,15,18,23-24,26-27,33-34H,11,13-14,16H2,1-6H3/t18?,23-,24+,26-,27-,29+,30+,31-,32-/m0/s1. The zero-order valence-corrected chi connectivity index (χ0v) is 23.3. The van der Waals surface area contributed by atoms with Gasteiger partial charge in [0.05, 0.1) is 0 Å². The molecule has 9 atom stereocenters. The normalized spacial score (nSPS) is 47.3. The van der Waals surface area contributed by atoms with Crippen molar-refractivity contribution in [3.05, 3.63) is 59.0 Å². The highest BCUT2D eigenvalue weighted by atomic mass is 16.8. The number of benzene rings is 1. The van der Waals surface area contributed by atoms with Gasteiger partial charge in [-0.15, -0.1) is 0 Å². The van der Waals surface area contributed by atoms with E-state index < -0.39 is 28.5 Å². The van der Waals surface area contributed by atoms with Gasteiger partial charge in [0.25, 0.3) is 0 Å². The second kappa shape index (κ2) is 6.95. The quantitative estimate of drug-likeness (QED) is 0.389. The van der Waals surface area contributed by atoms with E-state index >= 15 is 0 Å². The molecule has 38 heavy (non-hydrogen) atoms. The number of H-pyrrole nitrogens is 1. The first-order valence-corrected chi connectivity index (χ1v) is 14.3. The number of aromatic nitrogens is 1. The van der Waals surface area contributed by atoms with Gasteiger partial charge >= 0.3 is 0 Å². The number of aromatic amines is 1. The van der Waals surface area contributed by atoms with Crippen LogP contribution in [0.2, 0.25) is 0 Å². The molecule has 2 aromatic rings. The Kier molecular flexibility index (Phi) is 4.34. The fraction of sp³-hybridized carbons (Fsp3) is 0.625. The predicted molar refractivity (Wildman–Crippen MR) is 144 cm³/mol. The smallest absolute Gasteiger partial charge is 0.183 e. The van der Waals surface area contributed by atoms with Crippen LogP contribution in [-0.4, -0.2) is 51.5 Å². The minimum atomic E-state index is -1.08. The predicted octanol–water partition coefficient (Wildman–Crippen LogP) is 5.44. The molecule has 1 aromatic heterocycles. The molecule has 0 bridgehead atoms. The van der Waals surface area contributed by atoms with Crippen molar-refractivity contribution < 1.29 is 24.1 Å². The largest absolute Gasteiger partial charge is 0.486 e. The maximum absolute atomic E-state index is 13.0. The zero-order valence-electron chi connectivity index (χ0n) is 23.3. The second-order valence-electron chi connectivity index (χ2n) is 13.9. The van der Waals surface area contributed by atoms with Gasteiger partial charge in [-0.25, -0.2) is 0 Å². The summed E-state index contributed by atoms with van der Waals surface area (Å²) in [6, 6.07) is 8.63. The van der Waals surface area contributed by atoms with Gasteiger partial charge in [0, 0.05) is 27.4 Å². The van der Waals surface area contributed by atoms with Crippen LogP contribution in [0.1, 0.15) is 72.1 Å². The number of fused-ring (bicyclic) bond motifs is 9. The van der Waals surface area contributed by atoms with Crippen LogP contribution >= 0.6 is 0 Å². The van der Waals surface area contributed by atoms with Gasteiger partial charge in [-0.1, -0.05) is 37.6 Å². The molecule has 3 aliphatic carbocycles. The van der Waals surface area contributed by atoms with Crippen LogP contribution in [0.5, 0.6) is 0 Å². The van der Waals surface area contributed by atoms with Crippen LogP contribution in [0.3, 0.4) is 0 Å². The van der Waals surface area contributed by atoms with Crippen LogP contribution in [0.25, 0.3) is 10.9 Å². The Hall–Kier alpha value is -2.12. The Bertz CT molecular complexity index is 1430. The highest BCUT2D eigenvalue weighted by molar-refractivity contribution is 5.86. The van der Waals surface area contributed by atoms with Gasteiger partial charge in [0.1, 0.15) is 29.2 Å². The molecule has 3 aliphatic heterocycles. The van der Waals surface area contributed by atoms with Gasteiger partial charge in [-0.2, -0.15) is 0 Å². The fourth-order valence-corrected chi connectivity index (χ4v) is 9.41. The second-order valence-corrected chi connectivity index (χ2v) is 13.9. The maximum atomic E-state index is 13.0. The number of rotatable bonds is 1. The average molecular weight is 518 g/mol. The summed E-state index contributed by atoms with van der Waals surface area (Å²) in [7, 11) is 0. The Balaban J connectivity index is 1.25. The molecule has 6 nitrogen and oxygen atoms in total. The lowest BCUT2D eigenvalue weighted by molar-refractivity contribution is -0.314. The van der Waals surface area contributed by atoms with Crippen molar-refractivity contribution in [3.8, 4) is 0 Å². The van der Waals surface area contributed by atoms with E-state index in [9.17, 15) is 5.11 Å². The molecule has 1 unspecified atom stereocenters. The molecular weight excluding hydrogens is 478 g/mol. The van der Waals surface area contributed by atoms with E-state index in [0.717, 1.165) is 30.6 Å². The number of para-hydroxylation sites is 1. The lowest BCUT2D eigenvalue weighted by atomic mass is 9.42. The van der Waals surface area contributed by atoms with Gasteiger partial charge in [-0.3, -0.25) is 0 Å². The molecule has 3 saturated heterocycles. The first kappa shape index (κ1) is 23.7. The molecule has 2 N–H and O–H groups in total. The SMILES string of the molecule is CC(C)=C[C@H]1O[C@@H]2[C@H](OC3=CC[C@@]4(C)[C@@](O)(CCC5Cc6c([nH]c7ccccc67)[C@@]54C)[C@]34O[C@@H]24)C(C)(C)O1. The summed E-state index contributed by atoms with van der Waals surface area (Å²) in [6.07, 6.45) is 6.31. The summed E-state index contributed by atoms with van der Waals surface area (Å²) in [5, 5.41) is 14.4. The Morgan fingerprint density at radius 1 is 1.08 bits per heavy atom. The first-order valence-electron chi connectivity index (χ1n) is 14.3. The van der Waals surface area contributed by atoms with Crippen molar-refractivity contribution in [2.45, 2.75) is 114 Å². The highest BCUT2D eigenvalue weighted by Gasteiger charge is 2.86. The molecule has 202 valence electrons. The number of nitrogens with one attached hydrogen (secondary N) is 1. The molecule has 0 radical (unpaired) electrons. The number of hydrogen-bond acceptors (Lipinski definition) is 5. The molecule has 6 aliphatic rings. The summed E-state index contributed by atoms with van der Waals surface area (Å²) in [5.74, 6) is 1.25. The fourth-order valence-electron chi connectivity index (χ4n) is 9.41. The number of ether oxygens (including phenoxy) is 4. The van der Waals surface area contributed by atoms with Crippen molar-refractivity contribution in [1.82, 2.24) is 4.98 Å². The topological polar surface area (TPSA) is 76.2 Å². The monoisotopic (exact) mass is 517 g/mol. The minimum Gasteiger partial charge on any atom is -0.486 e. The molecule has 1 aromatic carbocycles. The van der Waals surface area contributed by atoms with Crippen molar-refractivity contribution in [2.24, 2.45) is 11.3 Å². The third kappa shape index (κ3) is 2.47. The van der Waals surface area contributed by atoms with E-state index in [0.29, 0.717) is 12.3 Å². The molecule has 4 fully saturated rings. The summed E-state index contributed by atoms with van der Waals surface area (Å²) in [4.78, 5) is 3.82. The third-order valence-corrected chi connectivity index (χ3v) is 11.6. The molecule has 1 spiro atoms. The molecule has 1 saturated carbocycles. The van der Waals surface area contributed by atoms with Crippen molar-refractivity contribution in [1.29, 1.82) is 0 Å². The number of allylic oxidation sites excluding steroid dienone is 2. The van der Waals surface area contributed by atoms with Gasteiger partial charge in [0.2, 0.25) is 0 Å². The zero-order chi connectivity index (χ0) is 26.5. The van der Waals surface area contributed by atoms with E-state index in [1.807, 2.05) is 19.9 Å². The number of epoxide rings is 1. The molecule has 8 rings (SSSR count). The van der Waals surface area contributed by atoms with E-state index in [2.05, 4.69) is 63.0 Å². The molecule has 4 heterocycles. The van der Waals surface area contributed by atoms with Gasteiger partial charge in [0.15, 0.2) is 18.0 Å². The Labute approximate surface area is 224 Å². The summed E-state index contributed by atoms with van der Waals surface area (Å²) in [5.41, 5.74) is 1.87. The van der Waals surface area contributed by atoms with E-state index in [1.54, 1.807) is 0 Å². The van der Waals surface area contributed by atoms with E-state index in [1.165, 1.54) is 22.2 Å². The van der Waals surface area contributed by atoms with Gasteiger partial charge in [-0.05, 0) is 83.1 Å². The molecular formula is C32H39NO5. The molecule has 6 heteroatoms. The maximum Gasteiger partial charge on any atom is 0.183 e. The summed E-state index contributed by atoms with van der Waals surface area (Å²) < 4.78 is 26.3. The van der Waals surface area contributed by atoms with Crippen LogP contribution in [0.4, 0.5) is 0 Å². The lowest BCUT2D eigenvalue weighted by Gasteiger charge is -2.64. The van der Waals surface area contributed by atoms with Crippen LogP contribution in [0, 0.1) is 11.3 Å². The summed E-state index contributed by atoms with van der Waals surface area (Å²) in [6.45, 7) is 12.9. The molecule has 0 amide bonds. The van der Waals surface area contributed by atoms with Gasteiger partial charge < -0.3 is 29.0 Å². The Morgan fingerprint density at radius 2 is 1.87 bits per heavy atom. The first-order chi connectivity index (χ1) is 18.0. The average Bonchev–Trinajstić information content (AvgIpc) is 3.43. The third-order valence-electron chi connectivity index (χ3n) is 11.6. The van der Waals surface area contributed by atoms with Crippen molar-refractivity contribution in [2.75, 3.05) is 0 Å². The number of hydrogen-bond donors (Lipinski definition) is 2. The highest BCUT2D eigenvalue weighted by Crippen LogP contribution is 2.75. The minimum absolute atomic E-state index is 0.223. The van der Waals surface area contributed by atoms with E-state index in [-0.39, 0.29) is 23.7 Å². The van der Waals surface area contributed by atoms with Crippen molar-refractivity contribution >= 4 is 10.9 Å². The summed E-state index contributed by atoms with van der Waals surface area (Å²) >= 11 is 0.